The predicted molar refractivity (Wildman–Crippen MR) is 80.8 cm³/mol. The van der Waals surface area contributed by atoms with Crippen LogP contribution in [0.15, 0.2) is 0 Å². The molecule has 126 valence electrons. The molecule has 0 aliphatic heterocycles. The summed E-state index contributed by atoms with van der Waals surface area (Å²) in [6.07, 6.45) is 8.92. The monoisotopic (exact) mass is 324 g/mol. The second kappa shape index (κ2) is 12.2. The zero-order valence-corrected chi connectivity index (χ0v) is 14.0. The van der Waals surface area contributed by atoms with Crippen molar-refractivity contribution in [2.24, 2.45) is 0 Å². The van der Waals surface area contributed by atoms with Crippen molar-refractivity contribution >= 4 is 13.8 Å². The van der Waals surface area contributed by atoms with Gasteiger partial charge in [0.25, 0.3) is 0 Å². The lowest BCUT2D eigenvalue weighted by Gasteiger charge is -2.13. The second-order valence-electron chi connectivity index (χ2n) is 5.31. The Hall–Kier alpha value is -0.420. The van der Waals surface area contributed by atoms with Crippen molar-refractivity contribution in [3.05, 3.63) is 0 Å². The lowest BCUT2D eigenvalue weighted by molar-refractivity contribution is -0.150. The van der Waals surface area contributed by atoms with E-state index < -0.39 is 13.9 Å². The summed E-state index contributed by atoms with van der Waals surface area (Å²) in [7, 11) is -4.50. The Morgan fingerprint density at radius 2 is 1.57 bits per heavy atom. The van der Waals surface area contributed by atoms with Crippen LogP contribution in [0.2, 0.25) is 0 Å². The molecule has 0 aromatic carbocycles. The van der Waals surface area contributed by atoms with Crippen LogP contribution >= 0.6 is 7.82 Å². The normalized spacial score (nSPS) is 13.1. The Bertz CT molecular complexity index is 315. The van der Waals surface area contributed by atoms with Gasteiger partial charge in [-0.05, 0) is 13.3 Å². The molecule has 0 saturated carbocycles. The van der Waals surface area contributed by atoms with E-state index in [9.17, 15) is 9.36 Å². The molecule has 0 aromatic heterocycles. The summed E-state index contributed by atoms with van der Waals surface area (Å²) in [6.45, 7) is 3.44. The van der Waals surface area contributed by atoms with Crippen molar-refractivity contribution in [3.8, 4) is 0 Å². The van der Waals surface area contributed by atoms with Crippen LogP contribution in [-0.4, -0.2) is 28.5 Å². The lowest BCUT2D eigenvalue weighted by atomic mass is 10.1. The number of ether oxygens (including phenoxy) is 1. The molecule has 0 bridgehead atoms. The number of carbonyl (C=O) groups excluding carboxylic acids is 1. The first-order chi connectivity index (χ1) is 9.85. The molecule has 0 aliphatic carbocycles. The molecule has 0 heterocycles. The van der Waals surface area contributed by atoms with E-state index in [1.54, 1.807) is 6.92 Å². The van der Waals surface area contributed by atoms with E-state index in [0.29, 0.717) is 6.42 Å². The highest BCUT2D eigenvalue weighted by atomic mass is 31.2. The van der Waals surface area contributed by atoms with Crippen LogP contribution in [0.1, 0.15) is 71.6 Å². The third kappa shape index (κ3) is 15.8. The molecule has 0 amide bonds. The molecule has 0 aromatic rings. The van der Waals surface area contributed by atoms with E-state index in [0.717, 1.165) is 19.3 Å². The van der Waals surface area contributed by atoms with Crippen LogP contribution < -0.4 is 0 Å². The molecular formula is C14H29O6P. The number of hydrogen-bond acceptors (Lipinski definition) is 4. The van der Waals surface area contributed by atoms with Gasteiger partial charge in [0.2, 0.25) is 0 Å². The topological polar surface area (TPSA) is 93.1 Å². The molecule has 2 N–H and O–H groups in total. The van der Waals surface area contributed by atoms with Gasteiger partial charge in [-0.1, -0.05) is 51.9 Å². The van der Waals surface area contributed by atoms with Crippen LogP contribution in [0.25, 0.3) is 0 Å². The minimum Gasteiger partial charge on any atom is -0.460 e. The van der Waals surface area contributed by atoms with Crippen molar-refractivity contribution in [2.45, 2.75) is 77.7 Å². The van der Waals surface area contributed by atoms with Gasteiger partial charge in [0.05, 0.1) is 6.61 Å². The molecule has 0 radical (unpaired) electrons. The molecule has 0 aliphatic rings. The summed E-state index contributed by atoms with van der Waals surface area (Å²) in [5.41, 5.74) is 0. The Morgan fingerprint density at radius 3 is 2.10 bits per heavy atom. The summed E-state index contributed by atoms with van der Waals surface area (Å²) in [5.74, 6) is -0.345. The number of rotatable bonds is 13. The average molecular weight is 324 g/mol. The van der Waals surface area contributed by atoms with Crippen molar-refractivity contribution in [1.29, 1.82) is 0 Å². The SMILES string of the molecule is CCCCCCCCCCC(=O)O[C@H](C)COP(=O)(O)O. The van der Waals surface area contributed by atoms with E-state index in [2.05, 4.69) is 11.4 Å². The van der Waals surface area contributed by atoms with Gasteiger partial charge in [0, 0.05) is 6.42 Å². The maximum Gasteiger partial charge on any atom is 0.469 e. The fourth-order valence-electron chi connectivity index (χ4n) is 1.92. The number of phosphoric ester groups is 1. The summed E-state index contributed by atoms with van der Waals surface area (Å²) >= 11 is 0. The standard InChI is InChI=1S/C14H29O6P/c1-3-4-5-6-7-8-9-10-11-14(15)20-13(2)12-19-21(16,17)18/h13H,3-12H2,1-2H3,(H2,16,17,18)/t13-/m1/s1. The van der Waals surface area contributed by atoms with Crippen LogP contribution in [0.5, 0.6) is 0 Å². The van der Waals surface area contributed by atoms with Gasteiger partial charge >= 0.3 is 13.8 Å². The summed E-state index contributed by atoms with van der Waals surface area (Å²) in [5, 5.41) is 0. The van der Waals surface area contributed by atoms with Gasteiger partial charge in [-0.2, -0.15) is 0 Å². The van der Waals surface area contributed by atoms with Gasteiger partial charge in [-0.15, -0.1) is 0 Å². The number of carbonyl (C=O) groups is 1. The number of unbranched alkanes of at least 4 members (excludes halogenated alkanes) is 7. The summed E-state index contributed by atoms with van der Waals surface area (Å²) in [4.78, 5) is 28.5. The fraction of sp³-hybridized carbons (Fsp3) is 0.929. The first kappa shape index (κ1) is 20.6. The summed E-state index contributed by atoms with van der Waals surface area (Å²) < 4.78 is 19.8. The number of phosphoric acid groups is 1. The molecule has 0 unspecified atom stereocenters. The number of esters is 1. The van der Waals surface area contributed by atoms with Gasteiger partial charge in [-0.25, -0.2) is 4.57 Å². The van der Waals surface area contributed by atoms with Crippen molar-refractivity contribution in [3.63, 3.8) is 0 Å². The van der Waals surface area contributed by atoms with E-state index in [1.807, 2.05) is 0 Å². The van der Waals surface area contributed by atoms with Crippen LogP contribution in [-0.2, 0) is 18.6 Å². The minimum atomic E-state index is -4.50. The highest BCUT2D eigenvalue weighted by Gasteiger charge is 2.17. The fourth-order valence-corrected chi connectivity index (χ4v) is 2.33. The molecule has 21 heavy (non-hydrogen) atoms. The zero-order chi connectivity index (χ0) is 16.1. The van der Waals surface area contributed by atoms with E-state index in [-0.39, 0.29) is 12.6 Å². The third-order valence-corrected chi connectivity index (χ3v) is 3.53. The quantitative estimate of drug-likeness (QED) is 0.306. The first-order valence-electron chi connectivity index (χ1n) is 7.74. The van der Waals surface area contributed by atoms with Gasteiger partial charge in [0.15, 0.2) is 0 Å². The van der Waals surface area contributed by atoms with Crippen molar-refractivity contribution in [1.82, 2.24) is 0 Å². The maximum absolute atomic E-state index is 11.5. The second-order valence-corrected chi connectivity index (χ2v) is 6.55. The Kier molecular flexibility index (Phi) is 11.9. The largest absolute Gasteiger partial charge is 0.469 e. The van der Waals surface area contributed by atoms with E-state index in [1.165, 1.54) is 32.1 Å². The Balaban J connectivity index is 3.47. The first-order valence-corrected chi connectivity index (χ1v) is 9.27. The van der Waals surface area contributed by atoms with Crippen LogP contribution in [0.4, 0.5) is 0 Å². The molecular weight excluding hydrogens is 295 g/mol. The maximum atomic E-state index is 11.5. The van der Waals surface area contributed by atoms with Crippen molar-refractivity contribution in [2.75, 3.05) is 6.61 Å². The highest BCUT2D eigenvalue weighted by Crippen LogP contribution is 2.35. The zero-order valence-electron chi connectivity index (χ0n) is 13.1. The number of hydrogen-bond donors (Lipinski definition) is 2. The molecule has 0 spiro atoms. The molecule has 0 saturated heterocycles. The lowest BCUT2D eigenvalue weighted by Crippen LogP contribution is -2.19. The van der Waals surface area contributed by atoms with Crippen molar-refractivity contribution < 1.29 is 28.4 Å². The Labute approximate surface area is 127 Å². The third-order valence-electron chi connectivity index (χ3n) is 3.04. The van der Waals surface area contributed by atoms with Gasteiger partial charge < -0.3 is 14.5 Å². The molecule has 0 fully saturated rings. The van der Waals surface area contributed by atoms with E-state index >= 15 is 0 Å². The molecule has 6 nitrogen and oxygen atoms in total. The smallest absolute Gasteiger partial charge is 0.460 e. The average Bonchev–Trinajstić information content (AvgIpc) is 2.39. The van der Waals surface area contributed by atoms with Gasteiger partial charge in [-0.3, -0.25) is 9.32 Å². The predicted octanol–water partition coefficient (Wildman–Crippen LogP) is 3.56. The Morgan fingerprint density at radius 1 is 1.05 bits per heavy atom. The molecule has 1 atom stereocenters. The molecule has 0 rings (SSSR count). The van der Waals surface area contributed by atoms with E-state index in [4.69, 9.17) is 14.5 Å². The summed E-state index contributed by atoms with van der Waals surface area (Å²) in [6, 6.07) is 0. The highest BCUT2D eigenvalue weighted by molar-refractivity contribution is 7.46. The van der Waals surface area contributed by atoms with Gasteiger partial charge in [0.1, 0.15) is 6.10 Å². The van der Waals surface area contributed by atoms with Crippen LogP contribution in [0, 0.1) is 0 Å². The minimum absolute atomic E-state index is 0.298. The van der Waals surface area contributed by atoms with Crippen LogP contribution in [0.3, 0.4) is 0 Å². The molecule has 7 heteroatoms.